The lowest BCUT2D eigenvalue weighted by Crippen LogP contribution is -2.75. The first-order valence-electron chi connectivity index (χ1n) is 32.6. The zero-order chi connectivity index (χ0) is 61.3. The third kappa shape index (κ3) is 7.58. The fraction of sp³-hybridized carbons (Fsp3) is 0.153. The van der Waals surface area contributed by atoms with E-state index in [1.807, 2.05) is 11.8 Å². The normalized spacial score (nSPS) is 15.9. The van der Waals surface area contributed by atoms with E-state index in [0.717, 1.165) is 46.2 Å². The maximum atomic E-state index is 7.29. The van der Waals surface area contributed by atoms with Crippen LogP contribution < -0.4 is 46.9 Å². The van der Waals surface area contributed by atoms with Crippen LogP contribution >= 0.6 is 11.8 Å². The minimum absolute atomic E-state index is 0.0650. The van der Waals surface area contributed by atoms with Gasteiger partial charge in [0.2, 0.25) is 0 Å². The van der Waals surface area contributed by atoms with Crippen LogP contribution in [-0.4, -0.2) is 14.8 Å². The van der Waals surface area contributed by atoms with Gasteiger partial charge in [-0.2, -0.15) is 0 Å². The Morgan fingerprint density at radius 2 is 0.967 bits per heavy atom. The summed E-state index contributed by atoms with van der Waals surface area (Å²) in [5, 5.41) is 7.54. The second-order valence-electron chi connectivity index (χ2n) is 28.5. The third-order valence-corrected chi connectivity index (χ3v) is 27.6. The molecular weight excluding hydrogens is 1140 g/mol. The van der Waals surface area contributed by atoms with Crippen LogP contribution in [0, 0.1) is 0 Å². The van der Waals surface area contributed by atoms with Crippen molar-refractivity contribution in [2.75, 3.05) is 9.80 Å². The number of benzene rings is 12. The Bertz CT molecular complexity index is 5020. The number of para-hydroxylation sites is 2. The molecule has 91 heavy (non-hydrogen) atoms. The molecule has 1 aromatic heterocycles. The first-order valence-corrected chi connectivity index (χ1v) is 35.4. The van der Waals surface area contributed by atoms with Gasteiger partial charge >= 0.3 is 0 Å². The van der Waals surface area contributed by atoms with E-state index in [0.29, 0.717) is 0 Å². The van der Waals surface area contributed by atoms with E-state index in [1.54, 1.807) is 0 Å². The van der Waals surface area contributed by atoms with Crippen molar-refractivity contribution >= 4 is 120 Å². The molecule has 0 fully saturated rings. The number of fused-ring (bicyclic) bond motifs is 18. The van der Waals surface area contributed by atoms with Crippen LogP contribution in [0.4, 0.5) is 34.1 Å². The molecule has 0 saturated carbocycles. The highest BCUT2D eigenvalue weighted by atomic mass is 32.2. The first kappa shape index (κ1) is 54.6. The fourth-order valence-corrected chi connectivity index (χ4v) is 23.3. The Kier molecular flexibility index (Phi) is 11.8. The van der Waals surface area contributed by atoms with Gasteiger partial charge in [-0.15, -0.1) is 0 Å². The molecule has 1 spiro atoms. The van der Waals surface area contributed by atoms with Crippen LogP contribution in [0.5, 0.6) is 0 Å². The molecule has 438 valence electrons. The highest BCUT2D eigenvalue weighted by molar-refractivity contribution is 7.99. The molecule has 3 nitrogen and oxygen atoms in total. The quantitative estimate of drug-likeness (QED) is 0.122. The molecule has 5 aliphatic rings. The monoisotopic (exact) mass is 1200 g/mol. The molecule has 4 heterocycles. The van der Waals surface area contributed by atoms with Crippen molar-refractivity contribution in [3.8, 4) is 11.1 Å². The average Bonchev–Trinajstić information content (AvgIpc) is 1.65. The van der Waals surface area contributed by atoms with E-state index in [1.165, 1.54) is 120 Å². The van der Waals surface area contributed by atoms with Crippen LogP contribution in [0.2, 0.25) is 0 Å². The summed E-state index contributed by atoms with van der Waals surface area (Å²) in [5.41, 5.74) is 24.0. The molecule has 0 amide bonds. The molecule has 6 heteroatoms. The van der Waals surface area contributed by atoms with Gasteiger partial charge in [-0.3, -0.25) is 0 Å². The van der Waals surface area contributed by atoms with Crippen molar-refractivity contribution in [3.63, 3.8) is 0 Å². The van der Waals surface area contributed by atoms with E-state index in [-0.39, 0.29) is 23.0 Å². The minimum atomic E-state index is -3.30. The summed E-state index contributed by atoms with van der Waals surface area (Å²) in [6.07, 6.45) is 2.21. The van der Waals surface area contributed by atoms with Gasteiger partial charge in [-0.1, -0.05) is 273 Å². The first-order chi connectivity index (χ1) is 44.3. The SMILES string of the molecule is CC(C)(C)c1ccc(N2c3cc([Si](c4ccccc4)(c4ccccc4)c4ccccc4)cc4c3B(c3cc5c(cc3N4c3cccc4c3oc3ccccc34)C(C)(C)CCC5(C)C)c3ccc4c(c32)-c2ccccc2C42c3ccccc3Sc3ccccc32)cc1. The van der Waals surface area contributed by atoms with E-state index < -0.39 is 13.5 Å². The lowest BCUT2D eigenvalue weighted by atomic mass is 9.33. The smallest absolute Gasteiger partial charge is 0.252 e. The molecule has 0 unspecified atom stereocenters. The average molecular weight is 1210 g/mol. The lowest BCUT2D eigenvalue weighted by Gasteiger charge is -2.48. The summed E-state index contributed by atoms with van der Waals surface area (Å²) in [6.45, 7) is 16.8. The largest absolute Gasteiger partial charge is 0.454 e. The van der Waals surface area contributed by atoms with Crippen molar-refractivity contribution in [3.05, 3.63) is 306 Å². The predicted molar refractivity (Wildman–Crippen MR) is 387 cm³/mol. The van der Waals surface area contributed by atoms with Gasteiger partial charge in [0.25, 0.3) is 6.71 Å². The van der Waals surface area contributed by atoms with E-state index in [9.17, 15) is 0 Å². The molecule has 2 aliphatic carbocycles. The fourth-order valence-electron chi connectivity index (χ4n) is 17.3. The Morgan fingerprint density at radius 1 is 0.429 bits per heavy atom. The lowest BCUT2D eigenvalue weighted by molar-refractivity contribution is 0.332. The van der Waals surface area contributed by atoms with Crippen molar-refractivity contribution in [2.45, 2.75) is 92.8 Å². The van der Waals surface area contributed by atoms with Gasteiger partial charge in [-0.05, 0) is 165 Å². The maximum Gasteiger partial charge on any atom is 0.252 e. The molecule has 13 aromatic rings. The van der Waals surface area contributed by atoms with Crippen LogP contribution in [0.25, 0.3) is 33.1 Å². The standard InChI is InChI=1S/C85H69BN2OSSi/c1-82(2,3)54-42-44-55(45-43-54)87-73-50-59(91(56-26-11-8-12-27-56,57-28-13-9-14-29-57)58-30-15-10-16-31-58)51-74-79(73)86(69-47-46-66-78(80(69)87)62-33-17-19-35-63(62)85(66)64-36-20-23-40-76(64)90-77-41-24-21-37-65(77)85)70-52-67-68(84(6,7)49-48-83(67,4)5)53-72(70)88(74)71-38-25-34-61-60-32-18-22-39-75(60)89-81(61)71/h8-47,50-53H,48-49H2,1-7H3. The summed E-state index contributed by atoms with van der Waals surface area (Å²) in [5.74, 6) is 0. The molecule has 0 saturated heterocycles. The van der Waals surface area contributed by atoms with Gasteiger partial charge in [0.15, 0.2) is 13.7 Å². The number of hydrogen-bond acceptors (Lipinski definition) is 4. The zero-order valence-electron chi connectivity index (χ0n) is 52.6. The Balaban J connectivity index is 1.06. The molecule has 3 aliphatic heterocycles. The van der Waals surface area contributed by atoms with Crippen molar-refractivity contribution < 1.29 is 4.42 Å². The molecule has 0 atom stereocenters. The number of anilines is 6. The third-order valence-electron chi connectivity index (χ3n) is 21.7. The number of furan rings is 1. The molecule has 0 bridgehead atoms. The van der Waals surface area contributed by atoms with Gasteiger partial charge in [0.05, 0.1) is 11.1 Å². The maximum absolute atomic E-state index is 7.29. The van der Waals surface area contributed by atoms with Crippen LogP contribution in [0.15, 0.2) is 281 Å². The van der Waals surface area contributed by atoms with Crippen molar-refractivity contribution in [1.82, 2.24) is 0 Å². The van der Waals surface area contributed by atoms with Gasteiger partial charge in [0, 0.05) is 54.6 Å². The van der Waals surface area contributed by atoms with Crippen molar-refractivity contribution in [1.29, 1.82) is 0 Å². The summed E-state index contributed by atoms with van der Waals surface area (Å²) in [4.78, 5) is 8.03. The molecule has 0 N–H and O–H groups in total. The summed E-state index contributed by atoms with van der Waals surface area (Å²) < 4.78 is 7.29. The second-order valence-corrected chi connectivity index (χ2v) is 33.4. The minimum Gasteiger partial charge on any atom is -0.454 e. The van der Waals surface area contributed by atoms with Crippen LogP contribution in [0.3, 0.4) is 0 Å². The molecule has 0 radical (unpaired) electrons. The highest BCUT2D eigenvalue weighted by Gasteiger charge is 2.55. The van der Waals surface area contributed by atoms with E-state index >= 15 is 0 Å². The number of rotatable bonds is 6. The topological polar surface area (TPSA) is 19.6 Å². The molecule has 18 rings (SSSR count). The Hall–Kier alpha value is -9.33. The van der Waals surface area contributed by atoms with E-state index in [2.05, 4.69) is 325 Å². The molecule has 12 aromatic carbocycles. The zero-order valence-corrected chi connectivity index (χ0v) is 54.4. The van der Waals surface area contributed by atoms with Gasteiger partial charge in [0.1, 0.15) is 5.58 Å². The Labute approximate surface area is 540 Å². The Morgan fingerprint density at radius 3 is 1.59 bits per heavy atom. The van der Waals surface area contributed by atoms with Gasteiger partial charge < -0.3 is 14.2 Å². The van der Waals surface area contributed by atoms with E-state index in [4.69, 9.17) is 4.42 Å². The summed E-state index contributed by atoms with van der Waals surface area (Å²) in [6, 6.07) is 104. The summed E-state index contributed by atoms with van der Waals surface area (Å²) in [7, 11) is -3.30. The van der Waals surface area contributed by atoms with Gasteiger partial charge in [-0.25, -0.2) is 0 Å². The highest BCUT2D eigenvalue weighted by Crippen LogP contribution is 2.65. The predicted octanol–water partition coefficient (Wildman–Crippen LogP) is 17.5. The molecular formula is C85H69BN2OSSi. The summed E-state index contributed by atoms with van der Waals surface area (Å²) >= 11 is 1.91. The van der Waals surface area contributed by atoms with Crippen LogP contribution in [-0.2, 0) is 21.7 Å². The number of nitrogens with zero attached hydrogens (tertiary/aromatic N) is 2. The number of hydrogen-bond donors (Lipinski definition) is 0. The van der Waals surface area contributed by atoms with Crippen LogP contribution in [0.1, 0.15) is 100 Å². The second kappa shape index (κ2) is 19.6. The van der Waals surface area contributed by atoms with Crippen molar-refractivity contribution in [2.24, 2.45) is 0 Å².